The average molecular weight is 238 g/mol. The summed E-state index contributed by atoms with van der Waals surface area (Å²) in [4.78, 5) is 15.2. The largest absolute Gasteiger partial charge is 0.478 e. The molecule has 17 heavy (non-hydrogen) atoms. The fourth-order valence-electron chi connectivity index (χ4n) is 1.54. The van der Waals surface area contributed by atoms with E-state index in [2.05, 4.69) is 10.3 Å². The highest BCUT2D eigenvalue weighted by atomic mass is 16.4. The number of pyridine rings is 1. The Morgan fingerprint density at radius 2 is 2.24 bits per heavy atom. The normalized spacial score (nSPS) is 12.2. The van der Waals surface area contributed by atoms with Crippen molar-refractivity contribution in [2.75, 3.05) is 11.9 Å². The summed E-state index contributed by atoms with van der Waals surface area (Å²) in [5, 5.41) is 20.8. The molecule has 0 amide bonds. The van der Waals surface area contributed by atoms with Gasteiger partial charge in [-0.2, -0.15) is 0 Å². The van der Waals surface area contributed by atoms with Crippen LogP contribution in [0.15, 0.2) is 12.1 Å². The molecule has 0 bridgehead atoms. The van der Waals surface area contributed by atoms with E-state index in [9.17, 15) is 4.79 Å². The van der Waals surface area contributed by atoms with Crippen LogP contribution in [-0.4, -0.2) is 33.8 Å². The van der Waals surface area contributed by atoms with Gasteiger partial charge >= 0.3 is 5.97 Å². The molecule has 1 aromatic rings. The van der Waals surface area contributed by atoms with Gasteiger partial charge in [-0.15, -0.1) is 0 Å². The maximum atomic E-state index is 11.0. The van der Waals surface area contributed by atoms with Gasteiger partial charge in [0.1, 0.15) is 11.4 Å². The molecular formula is C12H18N2O3. The second-order valence-corrected chi connectivity index (χ2v) is 4.07. The number of hydrogen-bond acceptors (Lipinski definition) is 4. The van der Waals surface area contributed by atoms with E-state index in [1.165, 1.54) is 0 Å². The standard InChI is InChI=1S/C12H18N2O3/c1-8(4-3-7-15)13-11-10(12(16)17)6-5-9(2)14-11/h5-6,8,15H,3-4,7H2,1-2H3,(H,13,14)(H,16,17). The van der Waals surface area contributed by atoms with E-state index in [1.54, 1.807) is 12.1 Å². The molecule has 0 aliphatic carbocycles. The first-order valence-electron chi connectivity index (χ1n) is 5.63. The molecule has 1 rings (SSSR count). The maximum absolute atomic E-state index is 11.0. The number of nitrogens with zero attached hydrogens (tertiary/aromatic N) is 1. The molecule has 3 N–H and O–H groups in total. The van der Waals surface area contributed by atoms with E-state index in [-0.39, 0.29) is 18.2 Å². The lowest BCUT2D eigenvalue weighted by atomic mass is 10.1. The summed E-state index contributed by atoms with van der Waals surface area (Å²) in [6.07, 6.45) is 1.45. The summed E-state index contributed by atoms with van der Waals surface area (Å²) in [6.45, 7) is 3.89. The fraction of sp³-hybridized carbons (Fsp3) is 0.500. The highest BCUT2D eigenvalue weighted by molar-refractivity contribution is 5.93. The minimum Gasteiger partial charge on any atom is -0.478 e. The maximum Gasteiger partial charge on any atom is 0.339 e. The predicted molar refractivity (Wildman–Crippen MR) is 65.3 cm³/mol. The number of aliphatic hydroxyl groups is 1. The van der Waals surface area contributed by atoms with Gasteiger partial charge in [0.25, 0.3) is 0 Å². The van der Waals surface area contributed by atoms with Crippen molar-refractivity contribution in [3.63, 3.8) is 0 Å². The second-order valence-electron chi connectivity index (χ2n) is 4.07. The number of anilines is 1. The molecule has 0 fully saturated rings. The molecule has 1 aromatic heterocycles. The van der Waals surface area contributed by atoms with Crippen LogP contribution in [0.2, 0.25) is 0 Å². The Morgan fingerprint density at radius 3 is 2.82 bits per heavy atom. The molecule has 1 atom stereocenters. The summed E-state index contributed by atoms with van der Waals surface area (Å²) < 4.78 is 0. The molecule has 0 aliphatic heterocycles. The van der Waals surface area contributed by atoms with Crippen LogP contribution in [0.5, 0.6) is 0 Å². The van der Waals surface area contributed by atoms with Crippen molar-refractivity contribution in [3.05, 3.63) is 23.4 Å². The van der Waals surface area contributed by atoms with E-state index in [0.29, 0.717) is 12.2 Å². The molecule has 1 heterocycles. The minimum absolute atomic E-state index is 0.0783. The lowest BCUT2D eigenvalue weighted by molar-refractivity contribution is 0.0697. The lowest BCUT2D eigenvalue weighted by Crippen LogP contribution is -2.19. The highest BCUT2D eigenvalue weighted by Gasteiger charge is 2.13. The van der Waals surface area contributed by atoms with Crippen molar-refractivity contribution in [2.45, 2.75) is 32.7 Å². The van der Waals surface area contributed by atoms with Gasteiger partial charge in [-0.25, -0.2) is 9.78 Å². The number of carboxylic acids is 1. The van der Waals surface area contributed by atoms with Gasteiger partial charge in [-0.3, -0.25) is 0 Å². The zero-order valence-electron chi connectivity index (χ0n) is 10.1. The van der Waals surface area contributed by atoms with E-state index in [4.69, 9.17) is 10.2 Å². The molecule has 94 valence electrons. The van der Waals surface area contributed by atoms with Crippen LogP contribution < -0.4 is 5.32 Å². The summed E-state index contributed by atoms with van der Waals surface area (Å²) in [7, 11) is 0. The van der Waals surface area contributed by atoms with Gasteiger partial charge < -0.3 is 15.5 Å². The van der Waals surface area contributed by atoms with Gasteiger partial charge in [-0.1, -0.05) is 0 Å². The first kappa shape index (κ1) is 13.4. The van der Waals surface area contributed by atoms with E-state index in [1.807, 2.05) is 13.8 Å². The van der Waals surface area contributed by atoms with Gasteiger partial charge in [0.2, 0.25) is 0 Å². The van der Waals surface area contributed by atoms with Gasteiger partial charge in [-0.05, 0) is 38.8 Å². The van der Waals surface area contributed by atoms with Crippen LogP contribution in [0.25, 0.3) is 0 Å². The predicted octanol–water partition coefficient (Wildman–Crippen LogP) is 1.66. The Bertz CT molecular complexity index is 393. The monoisotopic (exact) mass is 238 g/mol. The topological polar surface area (TPSA) is 82.5 Å². The number of hydrogen-bond donors (Lipinski definition) is 3. The Hall–Kier alpha value is -1.62. The van der Waals surface area contributed by atoms with E-state index < -0.39 is 5.97 Å². The molecule has 0 radical (unpaired) electrons. The third-order valence-electron chi connectivity index (χ3n) is 2.44. The number of nitrogens with one attached hydrogen (secondary N) is 1. The number of aliphatic hydroxyl groups excluding tert-OH is 1. The quantitative estimate of drug-likeness (QED) is 0.702. The number of aromatic nitrogens is 1. The molecule has 0 spiro atoms. The van der Waals surface area contributed by atoms with Crippen LogP contribution in [0, 0.1) is 6.92 Å². The van der Waals surface area contributed by atoms with Gasteiger partial charge in [0.05, 0.1) is 0 Å². The number of rotatable bonds is 6. The molecular weight excluding hydrogens is 220 g/mol. The summed E-state index contributed by atoms with van der Waals surface area (Å²) >= 11 is 0. The Labute approximate surface area is 101 Å². The van der Waals surface area contributed by atoms with Crippen LogP contribution in [0.1, 0.15) is 35.8 Å². The first-order valence-corrected chi connectivity index (χ1v) is 5.63. The van der Waals surface area contributed by atoms with Crippen LogP contribution in [0.4, 0.5) is 5.82 Å². The SMILES string of the molecule is Cc1ccc(C(=O)O)c(NC(C)CCCO)n1. The summed E-state index contributed by atoms with van der Waals surface area (Å²) in [6, 6.07) is 3.30. The Balaban J connectivity index is 2.81. The van der Waals surface area contributed by atoms with Gasteiger partial charge in [0.15, 0.2) is 0 Å². The Morgan fingerprint density at radius 1 is 1.53 bits per heavy atom. The molecule has 5 nitrogen and oxygen atoms in total. The van der Waals surface area contributed by atoms with Crippen LogP contribution in [0.3, 0.4) is 0 Å². The molecule has 0 saturated heterocycles. The molecule has 1 unspecified atom stereocenters. The zero-order valence-corrected chi connectivity index (χ0v) is 10.1. The number of aryl methyl sites for hydroxylation is 1. The minimum atomic E-state index is -0.991. The average Bonchev–Trinajstić information content (AvgIpc) is 2.26. The number of aromatic carboxylic acids is 1. The van der Waals surface area contributed by atoms with E-state index >= 15 is 0 Å². The van der Waals surface area contributed by atoms with Crippen molar-refractivity contribution in [3.8, 4) is 0 Å². The second kappa shape index (κ2) is 6.20. The van der Waals surface area contributed by atoms with E-state index in [0.717, 1.165) is 12.1 Å². The molecule has 0 aliphatic rings. The summed E-state index contributed by atoms with van der Waals surface area (Å²) in [5.74, 6) is -0.600. The van der Waals surface area contributed by atoms with Crippen molar-refractivity contribution < 1.29 is 15.0 Å². The molecule has 0 aromatic carbocycles. The molecule has 5 heteroatoms. The first-order chi connectivity index (χ1) is 8.04. The number of carboxylic acid groups (broad SMARTS) is 1. The smallest absolute Gasteiger partial charge is 0.339 e. The van der Waals surface area contributed by atoms with Crippen LogP contribution in [-0.2, 0) is 0 Å². The summed E-state index contributed by atoms with van der Waals surface area (Å²) in [5.41, 5.74) is 0.943. The van der Waals surface area contributed by atoms with Crippen molar-refractivity contribution in [2.24, 2.45) is 0 Å². The number of carbonyl (C=O) groups is 1. The Kier molecular flexibility index (Phi) is 4.90. The highest BCUT2D eigenvalue weighted by Crippen LogP contribution is 2.15. The van der Waals surface area contributed by atoms with Crippen molar-refractivity contribution >= 4 is 11.8 Å². The van der Waals surface area contributed by atoms with Crippen LogP contribution >= 0.6 is 0 Å². The lowest BCUT2D eigenvalue weighted by Gasteiger charge is -2.15. The van der Waals surface area contributed by atoms with Crippen molar-refractivity contribution in [1.82, 2.24) is 4.98 Å². The van der Waals surface area contributed by atoms with Crippen molar-refractivity contribution in [1.29, 1.82) is 0 Å². The fourth-order valence-corrected chi connectivity index (χ4v) is 1.54. The third-order valence-corrected chi connectivity index (χ3v) is 2.44. The third kappa shape index (κ3) is 4.03. The molecule has 0 saturated carbocycles. The van der Waals surface area contributed by atoms with Gasteiger partial charge in [0, 0.05) is 18.3 Å². The zero-order chi connectivity index (χ0) is 12.8.